The topological polar surface area (TPSA) is 61.2 Å². The Labute approximate surface area is 75.3 Å². The van der Waals surface area contributed by atoms with Crippen molar-refractivity contribution >= 4 is 11.8 Å². The molecule has 1 heterocycles. The summed E-state index contributed by atoms with van der Waals surface area (Å²) in [6, 6.07) is 1.54. The maximum absolute atomic E-state index is 11.3. The van der Waals surface area contributed by atoms with Gasteiger partial charge in [-0.15, -0.1) is 0 Å². The highest BCUT2D eigenvalue weighted by molar-refractivity contribution is 6.40. The monoisotopic (exact) mass is 182 g/mol. The number of methoxy groups -OCH3 is 1. The van der Waals surface area contributed by atoms with Crippen LogP contribution in [0.25, 0.3) is 0 Å². The summed E-state index contributed by atoms with van der Waals surface area (Å²) in [5.74, 6) is -1.55. The van der Waals surface area contributed by atoms with E-state index in [4.69, 9.17) is 0 Å². The molecular weight excluding hydrogens is 172 g/mol. The van der Waals surface area contributed by atoms with Gasteiger partial charge in [-0.3, -0.25) is 9.48 Å². The average molecular weight is 182 g/mol. The molecule has 0 saturated carbocycles. The fraction of sp³-hybridized carbons (Fsp3) is 0.375. The van der Waals surface area contributed by atoms with Gasteiger partial charge in [0.1, 0.15) is 5.69 Å². The van der Waals surface area contributed by atoms with Gasteiger partial charge in [-0.1, -0.05) is 0 Å². The zero-order valence-electron chi connectivity index (χ0n) is 7.70. The van der Waals surface area contributed by atoms with Crippen LogP contribution in [0.2, 0.25) is 0 Å². The summed E-state index contributed by atoms with van der Waals surface area (Å²) in [4.78, 5) is 22.1. The van der Waals surface area contributed by atoms with Crippen LogP contribution in [0.3, 0.4) is 0 Å². The SMILES string of the molecule is COC(=O)C(=O)c1cc(C)nn1C. The molecule has 0 bridgehead atoms. The van der Waals surface area contributed by atoms with Crippen molar-refractivity contribution in [1.82, 2.24) is 9.78 Å². The third-order valence-corrected chi connectivity index (χ3v) is 1.61. The first-order valence-corrected chi connectivity index (χ1v) is 3.69. The number of ketones is 1. The van der Waals surface area contributed by atoms with Gasteiger partial charge in [-0.2, -0.15) is 5.10 Å². The minimum atomic E-state index is -0.872. The Morgan fingerprint density at radius 2 is 2.15 bits per heavy atom. The first-order chi connectivity index (χ1) is 6.06. The molecule has 70 valence electrons. The van der Waals surface area contributed by atoms with Crippen molar-refractivity contribution in [2.45, 2.75) is 6.92 Å². The maximum Gasteiger partial charge on any atom is 0.381 e. The van der Waals surface area contributed by atoms with Gasteiger partial charge in [0.05, 0.1) is 12.8 Å². The fourth-order valence-electron chi connectivity index (χ4n) is 1.02. The first kappa shape index (κ1) is 9.44. The van der Waals surface area contributed by atoms with Crippen molar-refractivity contribution in [3.8, 4) is 0 Å². The van der Waals surface area contributed by atoms with Gasteiger partial charge in [0, 0.05) is 7.05 Å². The molecule has 0 atom stereocenters. The highest BCUT2D eigenvalue weighted by Gasteiger charge is 2.20. The molecule has 0 aliphatic heterocycles. The summed E-state index contributed by atoms with van der Waals surface area (Å²) >= 11 is 0. The summed E-state index contributed by atoms with van der Waals surface area (Å²) in [6.45, 7) is 1.74. The molecule has 0 amide bonds. The van der Waals surface area contributed by atoms with Gasteiger partial charge in [-0.25, -0.2) is 4.79 Å². The maximum atomic E-state index is 11.3. The molecule has 0 radical (unpaired) electrons. The van der Waals surface area contributed by atoms with Crippen LogP contribution in [-0.4, -0.2) is 28.6 Å². The number of aryl methyl sites for hydroxylation is 2. The van der Waals surface area contributed by atoms with Crippen molar-refractivity contribution in [2.75, 3.05) is 7.11 Å². The molecular formula is C8H10N2O3. The number of carbonyl (C=O) groups is 2. The predicted molar refractivity (Wildman–Crippen MR) is 44.3 cm³/mol. The Hall–Kier alpha value is -1.65. The van der Waals surface area contributed by atoms with Crippen LogP contribution in [0.4, 0.5) is 0 Å². The van der Waals surface area contributed by atoms with E-state index < -0.39 is 11.8 Å². The lowest BCUT2D eigenvalue weighted by atomic mass is 10.2. The molecule has 0 unspecified atom stereocenters. The van der Waals surface area contributed by atoms with Crippen molar-refractivity contribution in [3.63, 3.8) is 0 Å². The van der Waals surface area contributed by atoms with Gasteiger partial charge in [0.25, 0.3) is 5.78 Å². The van der Waals surface area contributed by atoms with Crippen molar-refractivity contribution < 1.29 is 14.3 Å². The largest absolute Gasteiger partial charge is 0.463 e. The molecule has 0 saturated heterocycles. The highest BCUT2D eigenvalue weighted by atomic mass is 16.5. The van der Waals surface area contributed by atoms with E-state index in [-0.39, 0.29) is 5.69 Å². The molecule has 0 aromatic carbocycles. The fourth-order valence-corrected chi connectivity index (χ4v) is 1.02. The van der Waals surface area contributed by atoms with Crippen molar-refractivity contribution in [1.29, 1.82) is 0 Å². The summed E-state index contributed by atoms with van der Waals surface area (Å²) in [5, 5.41) is 3.94. The molecule has 5 heteroatoms. The number of esters is 1. The summed E-state index contributed by atoms with van der Waals surface area (Å²) in [6.07, 6.45) is 0. The van der Waals surface area contributed by atoms with Crippen LogP contribution >= 0.6 is 0 Å². The number of rotatable bonds is 2. The van der Waals surface area contributed by atoms with Gasteiger partial charge >= 0.3 is 5.97 Å². The molecule has 0 fully saturated rings. The third-order valence-electron chi connectivity index (χ3n) is 1.61. The van der Waals surface area contributed by atoms with Crippen LogP contribution in [-0.2, 0) is 16.6 Å². The Morgan fingerprint density at radius 3 is 2.54 bits per heavy atom. The van der Waals surface area contributed by atoms with Gasteiger partial charge in [0.15, 0.2) is 0 Å². The summed E-state index contributed by atoms with van der Waals surface area (Å²) in [5.41, 5.74) is 0.930. The zero-order valence-corrected chi connectivity index (χ0v) is 7.70. The van der Waals surface area contributed by atoms with E-state index in [2.05, 4.69) is 9.84 Å². The van der Waals surface area contributed by atoms with Crippen molar-refractivity contribution in [2.24, 2.45) is 7.05 Å². The Kier molecular flexibility index (Phi) is 2.46. The van der Waals surface area contributed by atoms with Crippen LogP contribution in [0.1, 0.15) is 16.2 Å². The summed E-state index contributed by atoms with van der Waals surface area (Å²) in [7, 11) is 2.77. The lowest BCUT2D eigenvalue weighted by Gasteiger charge is -1.97. The second-order valence-electron chi connectivity index (χ2n) is 2.62. The molecule has 5 nitrogen and oxygen atoms in total. The number of hydrogen-bond donors (Lipinski definition) is 0. The molecule has 1 aromatic heterocycles. The van der Waals surface area contributed by atoms with Gasteiger partial charge in [-0.05, 0) is 13.0 Å². The third kappa shape index (κ3) is 1.74. The van der Waals surface area contributed by atoms with E-state index in [1.54, 1.807) is 20.0 Å². The average Bonchev–Trinajstić information content (AvgIpc) is 2.42. The van der Waals surface area contributed by atoms with E-state index in [0.717, 1.165) is 0 Å². The lowest BCUT2D eigenvalue weighted by Crippen LogP contribution is -2.18. The predicted octanol–water partition coefficient (Wildman–Crippen LogP) is 0.0842. The van der Waals surface area contributed by atoms with Gasteiger partial charge < -0.3 is 4.74 Å². The van der Waals surface area contributed by atoms with Crippen LogP contribution in [0.5, 0.6) is 0 Å². The highest BCUT2D eigenvalue weighted by Crippen LogP contribution is 2.03. The quantitative estimate of drug-likeness (QED) is 0.369. The number of nitrogens with zero attached hydrogens (tertiary/aromatic N) is 2. The molecule has 1 aromatic rings. The molecule has 1 rings (SSSR count). The number of hydrogen-bond acceptors (Lipinski definition) is 4. The van der Waals surface area contributed by atoms with Crippen LogP contribution in [0, 0.1) is 6.92 Å². The minimum Gasteiger partial charge on any atom is -0.463 e. The molecule has 0 N–H and O–H groups in total. The van der Waals surface area contributed by atoms with Crippen LogP contribution in [0.15, 0.2) is 6.07 Å². The lowest BCUT2D eigenvalue weighted by molar-refractivity contribution is -0.135. The number of aromatic nitrogens is 2. The second-order valence-corrected chi connectivity index (χ2v) is 2.62. The first-order valence-electron chi connectivity index (χ1n) is 3.69. The Balaban J connectivity index is 3.01. The standard InChI is InChI=1S/C8H10N2O3/c1-5-4-6(10(2)9-5)7(11)8(12)13-3/h4H,1-3H3. The normalized spacial score (nSPS) is 9.77. The second kappa shape index (κ2) is 3.38. The minimum absolute atomic E-state index is 0.240. The molecule has 0 spiro atoms. The Morgan fingerprint density at radius 1 is 1.54 bits per heavy atom. The summed E-state index contributed by atoms with van der Waals surface area (Å²) < 4.78 is 5.66. The van der Waals surface area contributed by atoms with E-state index in [1.807, 2.05) is 0 Å². The van der Waals surface area contributed by atoms with E-state index in [9.17, 15) is 9.59 Å². The number of Topliss-reactive ketones (excluding diaryl/α,β-unsaturated/α-hetero) is 1. The zero-order chi connectivity index (χ0) is 10.0. The van der Waals surface area contributed by atoms with Gasteiger partial charge in [0.2, 0.25) is 0 Å². The molecule has 0 aliphatic rings. The number of ether oxygens (including phenoxy) is 1. The Bertz CT molecular complexity index is 354. The van der Waals surface area contributed by atoms with E-state index >= 15 is 0 Å². The van der Waals surface area contributed by atoms with E-state index in [0.29, 0.717) is 5.69 Å². The van der Waals surface area contributed by atoms with E-state index in [1.165, 1.54) is 11.8 Å². The van der Waals surface area contributed by atoms with Crippen molar-refractivity contribution in [3.05, 3.63) is 17.5 Å². The molecule has 13 heavy (non-hydrogen) atoms. The smallest absolute Gasteiger partial charge is 0.381 e. The number of carbonyl (C=O) groups excluding carboxylic acids is 2. The van der Waals surface area contributed by atoms with Crippen LogP contribution < -0.4 is 0 Å². The molecule has 0 aliphatic carbocycles.